The molecule has 1 aromatic carbocycles. The lowest BCUT2D eigenvalue weighted by molar-refractivity contribution is 0.406. The fourth-order valence-electron chi connectivity index (χ4n) is 1.66. The van der Waals surface area contributed by atoms with Gasteiger partial charge in [0.15, 0.2) is 0 Å². The summed E-state index contributed by atoms with van der Waals surface area (Å²) in [5.74, 6) is 2.33. The molecule has 0 bridgehead atoms. The van der Waals surface area contributed by atoms with Crippen LogP contribution in [-0.4, -0.2) is 17.1 Å². The van der Waals surface area contributed by atoms with Crippen molar-refractivity contribution in [3.8, 4) is 23.4 Å². The van der Waals surface area contributed by atoms with Gasteiger partial charge in [-0.1, -0.05) is 13.8 Å². The van der Waals surface area contributed by atoms with Crippen LogP contribution in [0.25, 0.3) is 0 Å². The molecule has 0 amide bonds. The van der Waals surface area contributed by atoms with Crippen LogP contribution in [0.5, 0.6) is 17.4 Å². The molecular formula is C15H14BrN3O2. The van der Waals surface area contributed by atoms with Crippen molar-refractivity contribution < 1.29 is 9.47 Å². The number of hydrogen-bond acceptors (Lipinski definition) is 5. The number of halogens is 1. The monoisotopic (exact) mass is 347 g/mol. The Labute approximate surface area is 131 Å². The normalized spacial score (nSPS) is 10.3. The van der Waals surface area contributed by atoms with E-state index in [0.29, 0.717) is 33.4 Å². The lowest BCUT2D eigenvalue weighted by atomic mass is 10.2. The maximum Gasteiger partial charge on any atom is 0.223 e. The quantitative estimate of drug-likeness (QED) is 0.780. The highest BCUT2D eigenvalue weighted by Gasteiger charge is 2.10. The van der Waals surface area contributed by atoms with E-state index < -0.39 is 0 Å². The lowest BCUT2D eigenvalue weighted by Gasteiger charge is -2.10. The average Bonchev–Trinajstić information content (AvgIpc) is 2.46. The minimum atomic E-state index is 0.185. The van der Waals surface area contributed by atoms with Gasteiger partial charge >= 0.3 is 0 Å². The summed E-state index contributed by atoms with van der Waals surface area (Å²) in [6.07, 6.45) is 0. The predicted octanol–water partition coefficient (Wildman–Crippen LogP) is 4.04. The molecular weight excluding hydrogens is 334 g/mol. The van der Waals surface area contributed by atoms with Crippen LogP contribution in [0, 0.1) is 11.3 Å². The molecule has 0 aliphatic heterocycles. The summed E-state index contributed by atoms with van der Waals surface area (Å²) < 4.78 is 11.5. The summed E-state index contributed by atoms with van der Waals surface area (Å²) in [7, 11) is 1.54. The van der Waals surface area contributed by atoms with E-state index in [1.165, 1.54) is 0 Å². The number of methoxy groups -OCH3 is 1. The fraction of sp³-hybridized carbons (Fsp3) is 0.267. The largest absolute Gasteiger partial charge is 0.497 e. The van der Waals surface area contributed by atoms with E-state index in [0.717, 1.165) is 0 Å². The SMILES string of the molecule is COc1cc(C#N)cc(Oc2cc(Br)nc(C(C)C)n2)c1. The molecule has 0 unspecified atom stereocenters. The van der Waals surface area contributed by atoms with Crippen LogP contribution >= 0.6 is 15.9 Å². The summed E-state index contributed by atoms with van der Waals surface area (Å²) in [6, 6.07) is 8.72. The Hall–Kier alpha value is -2.13. The lowest BCUT2D eigenvalue weighted by Crippen LogP contribution is -2.00. The molecule has 0 N–H and O–H groups in total. The van der Waals surface area contributed by atoms with Crippen molar-refractivity contribution in [2.24, 2.45) is 0 Å². The zero-order valence-electron chi connectivity index (χ0n) is 11.9. The van der Waals surface area contributed by atoms with Gasteiger partial charge in [-0.05, 0) is 28.1 Å². The molecule has 0 radical (unpaired) electrons. The van der Waals surface area contributed by atoms with Crippen LogP contribution in [0.4, 0.5) is 0 Å². The first-order valence-electron chi connectivity index (χ1n) is 6.33. The van der Waals surface area contributed by atoms with E-state index >= 15 is 0 Å². The van der Waals surface area contributed by atoms with Gasteiger partial charge in [-0.3, -0.25) is 0 Å². The molecule has 2 rings (SSSR count). The molecule has 5 nitrogen and oxygen atoms in total. The smallest absolute Gasteiger partial charge is 0.223 e. The average molecular weight is 348 g/mol. The second kappa shape index (κ2) is 6.55. The maximum atomic E-state index is 9.01. The standard InChI is InChI=1S/C15H14BrN3O2/c1-9(2)15-18-13(16)7-14(19-15)21-12-5-10(8-17)4-11(6-12)20-3/h4-7,9H,1-3H3. The van der Waals surface area contributed by atoms with Crippen LogP contribution in [0.15, 0.2) is 28.9 Å². The van der Waals surface area contributed by atoms with Gasteiger partial charge in [-0.2, -0.15) is 10.2 Å². The molecule has 0 saturated heterocycles. The number of hydrogen-bond donors (Lipinski definition) is 0. The van der Waals surface area contributed by atoms with E-state index in [9.17, 15) is 0 Å². The summed E-state index contributed by atoms with van der Waals surface area (Å²) >= 11 is 3.34. The van der Waals surface area contributed by atoms with Crippen molar-refractivity contribution in [2.75, 3.05) is 7.11 Å². The van der Waals surface area contributed by atoms with Crippen molar-refractivity contribution in [2.45, 2.75) is 19.8 Å². The van der Waals surface area contributed by atoms with Gasteiger partial charge in [-0.15, -0.1) is 0 Å². The second-order valence-corrected chi connectivity index (χ2v) is 5.47. The van der Waals surface area contributed by atoms with Gasteiger partial charge in [0, 0.05) is 18.1 Å². The molecule has 6 heteroatoms. The predicted molar refractivity (Wildman–Crippen MR) is 81.6 cm³/mol. The highest BCUT2D eigenvalue weighted by atomic mass is 79.9. The van der Waals surface area contributed by atoms with Crippen molar-refractivity contribution in [3.05, 3.63) is 40.3 Å². The third-order valence-electron chi connectivity index (χ3n) is 2.67. The molecule has 0 atom stereocenters. The molecule has 0 aliphatic carbocycles. The van der Waals surface area contributed by atoms with Crippen LogP contribution in [0.2, 0.25) is 0 Å². The summed E-state index contributed by atoms with van der Waals surface area (Å²) in [4.78, 5) is 8.64. The van der Waals surface area contributed by atoms with Crippen molar-refractivity contribution in [3.63, 3.8) is 0 Å². The van der Waals surface area contributed by atoms with E-state index in [4.69, 9.17) is 14.7 Å². The van der Waals surface area contributed by atoms with Gasteiger partial charge in [0.1, 0.15) is 21.9 Å². The minimum Gasteiger partial charge on any atom is -0.497 e. The Balaban J connectivity index is 2.36. The first kappa shape index (κ1) is 15.3. The number of benzene rings is 1. The van der Waals surface area contributed by atoms with Crippen molar-refractivity contribution in [1.82, 2.24) is 9.97 Å². The van der Waals surface area contributed by atoms with E-state index in [-0.39, 0.29) is 5.92 Å². The molecule has 2 aromatic rings. The summed E-state index contributed by atoms with van der Waals surface area (Å²) in [5.41, 5.74) is 0.460. The summed E-state index contributed by atoms with van der Waals surface area (Å²) in [6.45, 7) is 4.01. The topological polar surface area (TPSA) is 68.0 Å². The molecule has 1 aromatic heterocycles. The van der Waals surface area contributed by atoms with E-state index in [2.05, 4.69) is 32.0 Å². The third-order valence-corrected chi connectivity index (χ3v) is 3.08. The van der Waals surface area contributed by atoms with Crippen LogP contribution in [0.1, 0.15) is 31.2 Å². The number of ether oxygens (including phenoxy) is 2. The van der Waals surface area contributed by atoms with Crippen molar-refractivity contribution in [1.29, 1.82) is 5.26 Å². The number of aromatic nitrogens is 2. The zero-order valence-corrected chi connectivity index (χ0v) is 13.5. The molecule has 21 heavy (non-hydrogen) atoms. The summed E-state index contributed by atoms with van der Waals surface area (Å²) in [5, 5.41) is 9.01. The minimum absolute atomic E-state index is 0.185. The fourth-order valence-corrected chi connectivity index (χ4v) is 2.04. The number of nitrogens with zero attached hydrogens (tertiary/aromatic N) is 3. The zero-order chi connectivity index (χ0) is 15.4. The third kappa shape index (κ3) is 3.92. The van der Waals surface area contributed by atoms with Gasteiger partial charge in [0.25, 0.3) is 0 Å². The second-order valence-electron chi connectivity index (χ2n) is 4.65. The van der Waals surface area contributed by atoms with Gasteiger partial charge in [-0.25, -0.2) is 4.98 Å². The molecule has 0 spiro atoms. The Morgan fingerprint density at radius 2 is 1.86 bits per heavy atom. The molecule has 0 saturated carbocycles. The highest BCUT2D eigenvalue weighted by Crippen LogP contribution is 2.28. The first-order chi connectivity index (χ1) is 10.0. The van der Waals surface area contributed by atoms with E-state index in [1.807, 2.05) is 13.8 Å². The van der Waals surface area contributed by atoms with Crippen LogP contribution in [-0.2, 0) is 0 Å². The van der Waals surface area contributed by atoms with E-state index in [1.54, 1.807) is 31.4 Å². The van der Waals surface area contributed by atoms with Gasteiger partial charge in [0.05, 0.1) is 18.7 Å². The Morgan fingerprint density at radius 3 is 2.48 bits per heavy atom. The Kier molecular flexibility index (Phi) is 4.76. The van der Waals surface area contributed by atoms with Crippen LogP contribution < -0.4 is 9.47 Å². The first-order valence-corrected chi connectivity index (χ1v) is 7.12. The molecule has 0 fully saturated rings. The maximum absolute atomic E-state index is 9.01. The molecule has 108 valence electrons. The highest BCUT2D eigenvalue weighted by molar-refractivity contribution is 9.10. The Bertz CT molecular complexity index is 696. The van der Waals surface area contributed by atoms with Gasteiger partial charge < -0.3 is 9.47 Å². The van der Waals surface area contributed by atoms with Crippen molar-refractivity contribution >= 4 is 15.9 Å². The molecule has 0 aliphatic rings. The number of nitriles is 1. The van der Waals surface area contributed by atoms with Crippen LogP contribution in [0.3, 0.4) is 0 Å². The Morgan fingerprint density at radius 1 is 1.14 bits per heavy atom. The van der Waals surface area contributed by atoms with Gasteiger partial charge in [0.2, 0.25) is 5.88 Å². The number of rotatable bonds is 4. The molecule has 1 heterocycles.